The Bertz CT molecular complexity index is 437. The summed E-state index contributed by atoms with van der Waals surface area (Å²) in [6.07, 6.45) is 1.73. The van der Waals surface area contributed by atoms with Crippen LogP contribution in [0.4, 0.5) is 4.39 Å². The quantitative estimate of drug-likeness (QED) is 0.668. The molecule has 0 bridgehead atoms. The fourth-order valence-electron chi connectivity index (χ4n) is 1.44. The summed E-state index contributed by atoms with van der Waals surface area (Å²) >= 11 is 0. The van der Waals surface area contributed by atoms with Crippen molar-refractivity contribution in [2.45, 2.75) is 6.92 Å². The van der Waals surface area contributed by atoms with Crippen LogP contribution in [0, 0.1) is 12.7 Å². The molecule has 0 spiro atoms. The molecule has 0 aliphatic carbocycles. The van der Waals surface area contributed by atoms with Gasteiger partial charge in [0.1, 0.15) is 5.82 Å². The summed E-state index contributed by atoms with van der Waals surface area (Å²) in [7, 11) is 0. The third kappa shape index (κ3) is 1.64. The maximum atomic E-state index is 12.8. The van der Waals surface area contributed by atoms with E-state index >= 15 is 0 Å². The van der Waals surface area contributed by atoms with Gasteiger partial charge in [-0.1, -0.05) is 6.07 Å². The number of hydrogen-bond donors (Lipinski definition) is 0. The normalized spacial score (nSPS) is 10.1. The van der Waals surface area contributed by atoms with E-state index in [1.54, 1.807) is 12.3 Å². The van der Waals surface area contributed by atoms with Gasteiger partial charge < -0.3 is 0 Å². The Balaban J connectivity index is 2.53. The molecule has 0 saturated carbocycles. The maximum absolute atomic E-state index is 12.8. The molecule has 14 heavy (non-hydrogen) atoms. The molecule has 2 heteroatoms. The zero-order chi connectivity index (χ0) is 9.97. The fraction of sp³-hybridized carbons (Fsp3) is 0.0833. The van der Waals surface area contributed by atoms with Crippen molar-refractivity contribution in [1.29, 1.82) is 0 Å². The molecule has 0 amide bonds. The summed E-state index contributed by atoms with van der Waals surface area (Å²) in [5.74, 6) is -0.206. The lowest BCUT2D eigenvalue weighted by Gasteiger charge is -2.04. The molecule has 1 nitrogen and oxygen atoms in total. The second-order valence-electron chi connectivity index (χ2n) is 3.17. The molecular formula is C12H10FN. The van der Waals surface area contributed by atoms with Gasteiger partial charge in [-0.05, 0) is 42.8 Å². The Morgan fingerprint density at radius 3 is 2.64 bits per heavy atom. The van der Waals surface area contributed by atoms with Crippen LogP contribution in [-0.4, -0.2) is 4.98 Å². The molecule has 0 saturated heterocycles. The molecule has 0 N–H and O–H groups in total. The van der Waals surface area contributed by atoms with Crippen molar-refractivity contribution in [3.05, 3.63) is 54.0 Å². The first-order valence-electron chi connectivity index (χ1n) is 4.45. The highest BCUT2D eigenvalue weighted by molar-refractivity contribution is 5.62. The molecule has 0 aliphatic rings. The molecule has 70 valence electrons. The van der Waals surface area contributed by atoms with Crippen molar-refractivity contribution >= 4 is 0 Å². The van der Waals surface area contributed by atoms with E-state index in [0.717, 1.165) is 16.8 Å². The molecule has 1 aromatic carbocycles. The molecule has 0 radical (unpaired) electrons. The van der Waals surface area contributed by atoms with Crippen molar-refractivity contribution < 1.29 is 4.39 Å². The molecule has 2 aromatic rings. The number of rotatable bonds is 1. The van der Waals surface area contributed by atoms with Crippen LogP contribution >= 0.6 is 0 Å². The van der Waals surface area contributed by atoms with Gasteiger partial charge in [-0.3, -0.25) is 4.98 Å². The summed E-state index contributed by atoms with van der Waals surface area (Å²) in [6, 6.07) is 10.4. The van der Waals surface area contributed by atoms with Gasteiger partial charge in [0.05, 0.1) is 5.69 Å². The number of aryl methyl sites for hydroxylation is 1. The number of hydrogen-bond acceptors (Lipinski definition) is 1. The number of halogens is 1. The molecule has 1 aromatic heterocycles. The number of nitrogens with zero attached hydrogens (tertiary/aromatic N) is 1. The Hall–Kier alpha value is -1.70. The smallest absolute Gasteiger partial charge is 0.123 e. The molecule has 0 aliphatic heterocycles. The topological polar surface area (TPSA) is 12.9 Å². The lowest BCUT2D eigenvalue weighted by molar-refractivity contribution is 0.627. The van der Waals surface area contributed by atoms with Crippen LogP contribution in [0.25, 0.3) is 11.3 Å². The van der Waals surface area contributed by atoms with Crippen molar-refractivity contribution in [2.24, 2.45) is 0 Å². The first kappa shape index (κ1) is 8.88. The van der Waals surface area contributed by atoms with Gasteiger partial charge in [0.2, 0.25) is 0 Å². The number of aromatic nitrogens is 1. The van der Waals surface area contributed by atoms with Gasteiger partial charge in [0.15, 0.2) is 0 Å². The molecule has 2 rings (SSSR count). The highest BCUT2D eigenvalue weighted by Crippen LogP contribution is 2.21. The SMILES string of the molecule is Cc1cc(F)ccc1-c1ccccn1. The fourth-order valence-corrected chi connectivity index (χ4v) is 1.44. The molecule has 0 atom stereocenters. The molecule has 0 fully saturated rings. The van der Waals surface area contributed by atoms with E-state index in [-0.39, 0.29) is 5.82 Å². The highest BCUT2D eigenvalue weighted by Gasteiger charge is 2.02. The van der Waals surface area contributed by atoms with Gasteiger partial charge in [0.25, 0.3) is 0 Å². The van der Waals surface area contributed by atoms with Crippen LogP contribution in [0.5, 0.6) is 0 Å². The highest BCUT2D eigenvalue weighted by atomic mass is 19.1. The van der Waals surface area contributed by atoms with E-state index in [4.69, 9.17) is 0 Å². The summed E-state index contributed by atoms with van der Waals surface area (Å²) in [5.41, 5.74) is 2.76. The van der Waals surface area contributed by atoms with Gasteiger partial charge in [0, 0.05) is 11.8 Å². The Morgan fingerprint density at radius 1 is 1.14 bits per heavy atom. The second-order valence-corrected chi connectivity index (χ2v) is 3.17. The standard InChI is InChI=1S/C12H10FN/c1-9-8-10(13)5-6-11(9)12-4-2-3-7-14-12/h2-8H,1H3. The Kier molecular flexibility index (Phi) is 2.27. The van der Waals surface area contributed by atoms with Gasteiger partial charge in [-0.25, -0.2) is 4.39 Å². The molecule has 0 unspecified atom stereocenters. The minimum absolute atomic E-state index is 0.206. The zero-order valence-corrected chi connectivity index (χ0v) is 7.87. The van der Waals surface area contributed by atoms with Crippen LogP contribution in [0.2, 0.25) is 0 Å². The first-order chi connectivity index (χ1) is 6.77. The average molecular weight is 187 g/mol. The van der Waals surface area contributed by atoms with E-state index in [0.29, 0.717) is 0 Å². The Morgan fingerprint density at radius 2 is 2.00 bits per heavy atom. The van der Waals surface area contributed by atoms with Gasteiger partial charge >= 0.3 is 0 Å². The van der Waals surface area contributed by atoms with Gasteiger partial charge in [-0.2, -0.15) is 0 Å². The predicted octanol–water partition coefficient (Wildman–Crippen LogP) is 3.20. The summed E-state index contributed by atoms with van der Waals surface area (Å²) in [4.78, 5) is 4.22. The number of pyridine rings is 1. The van der Waals surface area contributed by atoms with Crippen molar-refractivity contribution in [3.63, 3.8) is 0 Å². The van der Waals surface area contributed by atoms with Crippen LogP contribution in [0.1, 0.15) is 5.56 Å². The van der Waals surface area contributed by atoms with Crippen molar-refractivity contribution in [2.75, 3.05) is 0 Å². The first-order valence-corrected chi connectivity index (χ1v) is 4.45. The third-order valence-electron chi connectivity index (χ3n) is 2.13. The number of benzene rings is 1. The zero-order valence-electron chi connectivity index (χ0n) is 7.87. The summed E-state index contributed by atoms with van der Waals surface area (Å²) in [5, 5.41) is 0. The van der Waals surface area contributed by atoms with Crippen molar-refractivity contribution in [1.82, 2.24) is 4.98 Å². The van der Waals surface area contributed by atoms with Crippen molar-refractivity contribution in [3.8, 4) is 11.3 Å². The minimum Gasteiger partial charge on any atom is -0.256 e. The van der Waals surface area contributed by atoms with Gasteiger partial charge in [-0.15, -0.1) is 0 Å². The lowest BCUT2D eigenvalue weighted by atomic mass is 10.1. The Labute approximate surface area is 82.2 Å². The van der Waals surface area contributed by atoms with E-state index < -0.39 is 0 Å². The van der Waals surface area contributed by atoms with E-state index in [1.165, 1.54) is 12.1 Å². The summed E-state index contributed by atoms with van der Waals surface area (Å²) in [6.45, 7) is 1.88. The van der Waals surface area contributed by atoms with E-state index in [1.807, 2.05) is 25.1 Å². The summed E-state index contributed by atoms with van der Waals surface area (Å²) < 4.78 is 12.8. The third-order valence-corrected chi connectivity index (χ3v) is 2.13. The largest absolute Gasteiger partial charge is 0.256 e. The van der Waals surface area contributed by atoms with Crippen LogP contribution in [0.3, 0.4) is 0 Å². The predicted molar refractivity (Wildman–Crippen MR) is 54.4 cm³/mol. The minimum atomic E-state index is -0.206. The van der Waals surface area contributed by atoms with Crippen LogP contribution < -0.4 is 0 Å². The van der Waals surface area contributed by atoms with Crippen LogP contribution in [0.15, 0.2) is 42.6 Å². The average Bonchev–Trinajstić information content (AvgIpc) is 2.19. The van der Waals surface area contributed by atoms with E-state index in [9.17, 15) is 4.39 Å². The van der Waals surface area contributed by atoms with E-state index in [2.05, 4.69) is 4.98 Å². The molecule has 1 heterocycles. The molecular weight excluding hydrogens is 177 g/mol. The maximum Gasteiger partial charge on any atom is 0.123 e. The lowest BCUT2D eigenvalue weighted by Crippen LogP contribution is -1.87. The van der Waals surface area contributed by atoms with Crippen LogP contribution in [-0.2, 0) is 0 Å². The second kappa shape index (κ2) is 3.58. The monoisotopic (exact) mass is 187 g/mol.